The molecular formula is C16H18Cl2N2S. The van der Waals surface area contributed by atoms with E-state index in [1.54, 1.807) is 11.8 Å². The molecule has 2 aromatic rings. The molecule has 2 aromatic carbocycles. The van der Waals surface area contributed by atoms with Gasteiger partial charge >= 0.3 is 0 Å². The van der Waals surface area contributed by atoms with Crippen LogP contribution in [-0.4, -0.2) is 24.8 Å². The highest BCUT2D eigenvalue weighted by Gasteiger charge is 2.05. The summed E-state index contributed by atoms with van der Waals surface area (Å²) < 4.78 is 0. The average molecular weight is 341 g/mol. The van der Waals surface area contributed by atoms with Crippen LogP contribution >= 0.6 is 35.0 Å². The summed E-state index contributed by atoms with van der Waals surface area (Å²) in [5, 5.41) is 0. The molecule has 0 radical (unpaired) electrons. The fourth-order valence-electron chi connectivity index (χ4n) is 1.97. The van der Waals surface area contributed by atoms with Crippen LogP contribution in [0.5, 0.6) is 0 Å². The van der Waals surface area contributed by atoms with Crippen LogP contribution in [0.15, 0.2) is 58.3 Å². The van der Waals surface area contributed by atoms with Crippen LogP contribution in [0.3, 0.4) is 0 Å². The quantitative estimate of drug-likeness (QED) is 0.584. The van der Waals surface area contributed by atoms with Crippen molar-refractivity contribution in [2.45, 2.75) is 9.79 Å². The van der Waals surface area contributed by atoms with Gasteiger partial charge in [-0.25, -0.2) is 0 Å². The number of alkyl halides is 2. The maximum absolute atomic E-state index is 5.83. The van der Waals surface area contributed by atoms with Gasteiger partial charge in [-0.3, -0.25) is 0 Å². The first-order valence-electron chi connectivity index (χ1n) is 6.73. The second-order valence-corrected chi connectivity index (χ2v) is 6.43. The summed E-state index contributed by atoms with van der Waals surface area (Å²) in [5.41, 5.74) is 7.63. The lowest BCUT2D eigenvalue weighted by atomic mass is 10.3. The molecule has 0 saturated heterocycles. The third-order valence-electron chi connectivity index (χ3n) is 3.03. The molecule has 5 heteroatoms. The van der Waals surface area contributed by atoms with E-state index in [0.717, 1.165) is 24.5 Å². The van der Waals surface area contributed by atoms with Crippen LogP contribution in [0.2, 0.25) is 0 Å². The molecule has 2 rings (SSSR count). The number of benzene rings is 2. The first-order chi connectivity index (χ1) is 10.2. The number of anilines is 2. The van der Waals surface area contributed by atoms with Gasteiger partial charge in [0.1, 0.15) is 0 Å². The molecule has 0 atom stereocenters. The van der Waals surface area contributed by atoms with Crippen molar-refractivity contribution in [3.63, 3.8) is 0 Å². The Labute approximate surface area is 140 Å². The van der Waals surface area contributed by atoms with Crippen LogP contribution in [0, 0.1) is 0 Å². The van der Waals surface area contributed by atoms with Crippen LogP contribution in [0.4, 0.5) is 11.4 Å². The first kappa shape index (κ1) is 16.3. The second kappa shape index (κ2) is 8.42. The van der Waals surface area contributed by atoms with E-state index in [4.69, 9.17) is 28.9 Å². The zero-order valence-corrected chi connectivity index (χ0v) is 14.0. The van der Waals surface area contributed by atoms with Crippen LogP contribution < -0.4 is 10.6 Å². The minimum atomic E-state index is 0.596. The third-order valence-corrected chi connectivity index (χ3v) is 4.38. The molecule has 0 aliphatic heterocycles. The summed E-state index contributed by atoms with van der Waals surface area (Å²) in [4.78, 5) is 4.56. The van der Waals surface area contributed by atoms with Gasteiger partial charge in [0.25, 0.3) is 0 Å². The molecule has 2 nitrogen and oxygen atoms in total. The minimum absolute atomic E-state index is 0.596. The topological polar surface area (TPSA) is 29.3 Å². The maximum atomic E-state index is 5.83. The fraction of sp³-hybridized carbons (Fsp3) is 0.250. The van der Waals surface area contributed by atoms with Gasteiger partial charge < -0.3 is 10.6 Å². The van der Waals surface area contributed by atoms with Gasteiger partial charge in [-0.05, 0) is 48.5 Å². The SMILES string of the molecule is Nc1ccc(Sc2ccc(N(CCCl)CCCl)cc2)cc1. The van der Waals surface area contributed by atoms with E-state index in [1.165, 1.54) is 9.79 Å². The Kier molecular flexibility index (Phi) is 6.55. The van der Waals surface area contributed by atoms with Crippen molar-refractivity contribution in [1.82, 2.24) is 0 Å². The largest absolute Gasteiger partial charge is 0.399 e. The third kappa shape index (κ3) is 5.03. The maximum Gasteiger partial charge on any atom is 0.0399 e. The van der Waals surface area contributed by atoms with Gasteiger partial charge in [0, 0.05) is 46.0 Å². The smallest absolute Gasteiger partial charge is 0.0399 e. The number of rotatable bonds is 7. The zero-order valence-electron chi connectivity index (χ0n) is 11.6. The predicted molar refractivity (Wildman–Crippen MR) is 95.1 cm³/mol. The average Bonchev–Trinajstić information content (AvgIpc) is 2.50. The number of nitrogens with two attached hydrogens (primary N) is 1. The van der Waals surface area contributed by atoms with E-state index in [0.29, 0.717) is 11.8 Å². The summed E-state index contributed by atoms with van der Waals surface area (Å²) in [5.74, 6) is 1.19. The predicted octanol–water partition coefficient (Wildman–Crippen LogP) is 4.70. The number of nitrogen functional groups attached to an aromatic ring is 1. The molecule has 0 fully saturated rings. The van der Waals surface area contributed by atoms with E-state index in [2.05, 4.69) is 29.2 Å². The lowest BCUT2D eigenvalue weighted by molar-refractivity contribution is 0.873. The van der Waals surface area contributed by atoms with Crippen molar-refractivity contribution in [2.24, 2.45) is 0 Å². The molecule has 0 heterocycles. The van der Waals surface area contributed by atoms with Crippen molar-refractivity contribution in [3.05, 3.63) is 48.5 Å². The first-order valence-corrected chi connectivity index (χ1v) is 8.62. The summed E-state index contributed by atoms with van der Waals surface area (Å²) in [6.45, 7) is 1.61. The Morgan fingerprint density at radius 3 is 1.76 bits per heavy atom. The molecule has 0 amide bonds. The van der Waals surface area contributed by atoms with Crippen molar-refractivity contribution >= 4 is 46.3 Å². The molecule has 0 saturated carbocycles. The Morgan fingerprint density at radius 2 is 1.29 bits per heavy atom. The lowest BCUT2D eigenvalue weighted by Gasteiger charge is -2.22. The van der Waals surface area contributed by atoms with Gasteiger partial charge in [-0.15, -0.1) is 23.2 Å². The van der Waals surface area contributed by atoms with Crippen molar-refractivity contribution in [3.8, 4) is 0 Å². The fourth-order valence-corrected chi connectivity index (χ4v) is 3.20. The zero-order chi connectivity index (χ0) is 15.1. The van der Waals surface area contributed by atoms with E-state index in [9.17, 15) is 0 Å². The van der Waals surface area contributed by atoms with Gasteiger partial charge in [0.05, 0.1) is 0 Å². The molecular weight excluding hydrogens is 323 g/mol. The highest BCUT2D eigenvalue weighted by molar-refractivity contribution is 7.99. The van der Waals surface area contributed by atoms with Crippen molar-refractivity contribution in [1.29, 1.82) is 0 Å². The summed E-state index contributed by atoms with van der Waals surface area (Å²) in [6.07, 6.45) is 0. The van der Waals surface area contributed by atoms with Crippen molar-refractivity contribution in [2.75, 3.05) is 35.5 Å². The Morgan fingerprint density at radius 1 is 0.810 bits per heavy atom. The highest BCUT2D eigenvalue weighted by Crippen LogP contribution is 2.29. The lowest BCUT2D eigenvalue weighted by Crippen LogP contribution is -2.27. The van der Waals surface area contributed by atoms with Crippen LogP contribution in [-0.2, 0) is 0 Å². The van der Waals surface area contributed by atoms with Gasteiger partial charge in [-0.2, -0.15) is 0 Å². The summed E-state index contributed by atoms with van der Waals surface area (Å²) >= 11 is 13.4. The molecule has 0 aromatic heterocycles. The summed E-state index contributed by atoms with van der Waals surface area (Å²) in [6, 6.07) is 16.3. The summed E-state index contributed by atoms with van der Waals surface area (Å²) in [7, 11) is 0. The van der Waals surface area contributed by atoms with Crippen LogP contribution in [0.1, 0.15) is 0 Å². The number of halogens is 2. The second-order valence-electron chi connectivity index (χ2n) is 4.53. The molecule has 0 spiro atoms. The molecule has 21 heavy (non-hydrogen) atoms. The molecule has 0 unspecified atom stereocenters. The Bertz CT molecular complexity index is 537. The molecule has 2 N–H and O–H groups in total. The number of hydrogen-bond acceptors (Lipinski definition) is 3. The van der Waals surface area contributed by atoms with E-state index < -0.39 is 0 Å². The van der Waals surface area contributed by atoms with Gasteiger partial charge in [0.2, 0.25) is 0 Å². The van der Waals surface area contributed by atoms with E-state index >= 15 is 0 Å². The number of hydrogen-bond donors (Lipinski definition) is 1. The Balaban J connectivity index is 2.05. The van der Waals surface area contributed by atoms with Gasteiger partial charge in [-0.1, -0.05) is 11.8 Å². The normalized spacial score (nSPS) is 10.6. The van der Waals surface area contributed by atoms with Gasteiger partial charge in [0.15, 0.2) is 0 Å². The molecule has 112 valence electrons. The number of nitrogens with zero attached hydrogens (tertiary/aromatic N) is 1. The van der Waals surface area contributed by atoms with E-state index in [-0.39, 0.29) is 0 Å². The van der Waals surface area contributed by atoms with Crippen molar-refractivity contribution < 1.29 is 0 Å². The molecule has 0 aliphatic rings. The molecule has 0 aliphatic carbocycles. The monoisotopic (exact) mass is 340 g/mol. The minimum Gasteiger partial charge on any atom is -0.399 e. The standard InChI is InChI=1S/C16H18Cl2N2S/c17-9-11-20(12-10-18)14-3-7-16(8-4-14)21-15-5-1-13(19)2-6-15/h1-8H,9-12,19H2. The van der Waals surface area contributed by atoms with Crippen LogP contribution in [0.25, 0.3) is 0 Å². The molecule has 0 bridgehead atoms. The Hall–Kier alpha value is -1.03. The van der Waals surface area contributed by atoms with E-state index in [1.807, 2.05) is 24.3 Å². The highest BCUT2D eigenvalue weighted by atomic mass is 35.5.